The van der Waals surface area contributed by atoms with Gasteiger partial charge in [-0.1, -0.05) is 20.8 Å². The summed E-state index contributed by atoms with van der Waals surface area (Å²) < 4.78 is 2.08. The summed E-state index contributed by atoms with van der Waals surface area (Å²) in [6.07, 6.45) is 8.76. The highest BCUT2D eigenvalue weighted by molar-refractivity contribution is 5.82. The Morgan fingerprint density at radius 2 is 2.21 bits per heavy atom. The molecule has 1 aliphatic rings. The summed E-state index contributed by atoms with van der Waals surface area (Å²) in [6.45, 7) is 5.96. The number of amides is 1. The third kappa shape index (κ3) is 3.15. The summed E-state index contributed by atoms with van der Waals surface area (Å²) in [5.41, 5.74) is 5.79. The number of carbonyl (C=O) groups excluding carboxylic acids is 1. The average molecular weight is 264 g/mol. The van der Waals surface area contributed by atoms with Crippen LogP contribution in [0, 0.1) is 5.41 Å². The van der Waals surface area contributed by atoms with Crippen LogP contribution in [0.25, 0.3) is 0 Å². The molecule has 3 atom stereocenters. The summed E-state index contributed by atoms with van der Waals surface area (Å²) >= 11 is 0. The number of nitrogens with zero attached hydrogens (tertiary/aromatic N) is 2. The van der Waals surface area contributed by atoms with Gasteiger partial charge in [0.25, 0.3) is 0 Å². The quantitative estimate of drug-likeness (QED) is 0.868. The second-order valence-corrected chi connectivity index (χ2v) is 6.47. The van der Waals surface area contributed by atoms with Crippen LogP contribution < -0.4 is 11.1 Å². The van der Waals surface area contributed by atoms with Crippen LogP contribution in [0.4, 0.5) is 0 Å². The third-order valence-electron chi connectivity index (χ3n) is 3.93. The highest BCUT2D eigenvalue weighted by atomic mass is 16.2. The molecule has 1 heterocycles. The molecule has 0 aromatic carbocycles. The van der Waals surface area contributed by atoms with Crippen LogP contribution >= 0.6 is 0 Å². The van der Waals surface area contributed by atoms with Gasteiger partial charge in [-0.05, 0) is 24.7 Å². The van der Waals surface area contributed by atoms with Crippen LogP contribution in [-0.4, -0.2) is 27.5 Å². The van der Waals surface area contributed by atoms with Gasteiger partial charge in [0.15, 0.2) is 0 Å². The Hall–Kier alpha value is -1.36. The summed E-state index contributed by atoms with van der Waals surface area (Å²) in [7, 11) is 0. The SMILES string of the molecule is CC(C)(C)C(N)C(=O)NC1CCCC1n1ccnc1. The number of hydrogen-bond acceptors (Lipinski definition) is 3. The second kappa shape index (κ2) is 5.33. The van der Waals surface area contributed by atoms with E-state index >= 15 is 0 Å². The van der Waals surface area contributed by atoms with Crippen molar-refractivity contribution in [3.8, 4) is 0 Å². The maximum atomic E-state index is 12.2. The second-order valence-electron chi connectivity index (χ2n) is 6.47. The first-order valence-corrected chi connectivity index (χ1v) is 6.93. The lowest BCUT2D eigenvalue weighted by atomic mass is 9.86. The minimum atomic E-state index is -0.475. The lowest BCUT2D eigenvalue weighted by Gasteiger charge is -2.29. The molecule has 0 radical (unpaired) electrons. The molecular weight excluding hydrogens is 240 g/mol. The number of nitrogens with two attached hydrogens (primary N) is 1. The molecule has 1 aliphatic carbocycles. The molecule has 0 aliphatic heterocycles. The largest absolute Gasteiger partial charge is 0.350 e. The molecule has 2 rings (SSSR count). The lowest BCUT2D eigenvalue weighted by molar-refractivity contribution is -0.125. The van der Waals surface area contributed by atoms with Crippen molar-refractivity contribution in [1.29, 1.82) is 0 Å². The molecular formula is C14H24N4O. The molecule has 0 bridgehead atoms. The smallest absolute Gasteiger partial charge is 0.237 e. The van der Waals surface area contributed by atoms with Gasteiger partial charge in [0.2, 0.25) is 5.91 Å². The van der Waals surface area contributed by atoms with Gasteiger partial charge in [-0.25, -0.2) is 4.98 Å². The molecule has 5 heteroatoms. The van der Waals surface area contributed by atoms with Crippen molar-refractivity contribution in [2.24, 2.45) is 11.1 Å². The predicted molar refractivity (Wildman–Crippen MR) is 74.5 cm³/mol. The van der Waals surface area contributed by atoms with E-state index in [1.165, 1.54) is 0 Å². The molecule has 1 aromatic rings. The molecule has 5 nitrogen and oxygen atoms in total. The van der Waals surface area contributed by atoms with E-state index < -0.39 is 6.04 Å². The Balaban J connectivity index is 2.00. The highest BCUT2D eigenvalue weighted by Crippen LogP contribution is 2.30. The van der Waals surface area contributed by atoms with Gasteiger partial charge in [-0.15, -0.1) is 0 Å². The summed E-state index contributed by atoms with van der Waals surface area (Å²) in [6, 6.07) is -0.00902. The fourth-order valence-corrected chi connectivity index (χ4v) is 2.60. The topological polar surface area (TPSA) is 72.9 Å². The third-order valence-corrected chi connectivity index (χ3v) is 3.93. The zero-order valence-electron chi connectivity index (χ0n) is 12.0. The molecule has 1 saturated carbocycles. The van der Waals surface area contributed by atoms with Gasteiger partial charge in [0, 0.05) is 18.4 Å². The van der Waals surface area contributed by atoms with Gasteiger partial charge in [-0.2, -0.15) is 0 Å². The van der Waals surface area contributed by atoms with E-state index in [-0.39, 0.29) is 17.4 Å². The Morgan fingerprint density at radius 3 is 2.79 bits per heavy atom. The van der Waals surface area contributed by atoms with Crippen molar-refractivity contribution in [3.05, 3.63) is 18.7 Å². The highest BCUT2D eigenvalue weighted by Gasteiger charge is 2.33. The van der Waals surface area contributed by atoms with Crippen LogP contribution in [0.1, 0.15) is 46.1 Å². The Labute approximate surface area is 114 Å². The molecule has 0 spiro atoms. The molecule has 106 valence electrons. The average Bonchev–Trinajstić information content (AvgIpc) is 2.95. The van der Waals surface area contributed by atoms with E-state index in [2.05, 4.69) is 14.9 Å². The Kier molecular flexibility index (Phi) is 3.94. The minimum absolute atomic E-state index is 0.0514. The van der Waals surface area contributed by atoms with Crippen LogP contribution in [0.2, 0.25) is 0 Å². The number of imidazole rings is 1. The van der Waals surface area contributed by atoms with Gasteiger partial charge in [0.1, 0.15) is 0 Å². The fraction of sp³-hybridized carbons (Fsp3) is 0.714. The van der Waals surface area contributed by atoms with Crippen molar-refractivity contribution in [2.45, 2.75) is 58.2 Å². The molecule has 1 amide bonds. The van der Waals surface area contributed by atoms with E-state index in [4.69, 9.17) is 5.73 Å². The maximum absolute atomic E-state index is 12.2. The molecule has 1 fully saturated rings. The lowest BCUT2D eigenvalue weighted by Crippen LogP contribution is -2.52. The molecule has 1 aromatic heterocycles. The number of aromatic nitrogens is 2. The van der Waals surface area contributed by atoms with Gasteiger partial charge in [-0.3, -0.25) is 4.79 Å². The molecule has 0 saturated heterocycles. The normalized spacial score (nSPS) is 25.3. The van der Waals surface area contributed by atoms with E-state index in [1.54, 1.807) is 6.20 Å². The first kappa shape index (κ1) is 14.1. The first-order chi connectivity index (χ1) is 8.89. The predicted octanol–water partition coefficient (Wildman–Crippen LogP) is 1.47. The standard InChI is InChI=1S/C14H24N4O/c1-14(2,3)12(15)13(19)17-10-5-4-6-11(10)18-8-7-16-9-18/h7-12H,4-6,15H2,1-3H3,(H,17,19). The molecule has 3 N–H and O–H groups in total. The summed E-state index contributed by atoms with van der Waals surface area (Å²) in [5.74, 6) is -0.0514. The minimum Gasteiger partial charge on any atom is -0.350 e. The van der Waals surface area contributed by atoms with E-state index in [9.17, 15) is 4.79 Å². The summed E-state index contributed by atoms with van der Waals surface area (Å²) in [4.78, 5) is 16.3. The van der Waals surface area contributed by atoms with Crippen LogP contribution in [0.3, 0.4) is 0 Å². The van der Waals surface area contributed by atoms with E-state index in [0.717, 1.165) is 19.3 Å². The monoisotopic (exact) mass is 264 g/mol. The zero-order chi connectivity index (χ0) is 14.0. The first-order valence-electron chi connectivity index (χ1n) is 6.93. The van der Waals surface area contributed by atoms with Crippen LogP contribution in [-0.2, 0) is 4.79 Å². The van der Waals surface area contributed by atoms with Crippen LogP contribution in [0.5, 0.6) is 0 Å². The van der Waals surface area contributed by atoms with Crippen LogP contribution in [0.15, 0.2) is 18.7 Å². The molecule has 3 unspecified atom stereocenters. The van der Waals surface area contributed by atoms with Crippen molar-refractivity contribution in [1.82, 2.24) is 14.9 Å². The van der Waals surface area contributed by atoms with Crippen molar-refractivity contribution < 1.29 is 4.79 Å². The zero-order valence-corrected chi connectivity index (χ0v) is 12.0. The number of rotatable bonds is 3. The van der Waals surface area contributed by atoms with E-state index in [0.29, 0.717) is 6.04 Å². The van der Waals surface area contributed by atoms with Gasteiger partial charge in [0.05, 0.1) is 18.4 Å². The van der Waals surface area contributed by atoms with Gasteiger partial charge >= 0.3 is 0 Å². The Morgan fingerprint density at radius 1 is 1.47 bits per heavy atom. The van der Waals surface area contributed by atoms with Crippen molar-refractivity contribution in [3.63, 3.8) is 0 Å². The van der Waals surface area contributed by atoms with Gasteiger partial charge < -0.3 is 15.6 Å². The number of nitrogens with one attached hydrogen (secondary N) is 1. The molecule has 19 heavy (non-hydrogen) atoms. The van der Waals surface area contributed by atoms with E-state index in [1.807, 2.05) is 33.3 Å². The van der Waals surface area contributed by atoms with Crippen molar-refractivity contribution >= 4 is 5.91 Å². The Bertz CT molecular complexity index is 421. The number of hydrogen-bond donors (Lipinski definition) is 2. The fourth-order valence-electron chi connectivity index (χ4n) is 2.60. The number of carbonyl (C=O) groups is 1. The van der Waals surface area contributed by atoms with Crippen molar-refractivity contribution in [2.75, 3.05) is 0 Å². The summed E-state index contributed by atoms with van der Waals surface area (Å²) in [5, 5.41) is 3.11. The maximum Gasteiger partial charge on any atom is 0.237 e.